The fourth-order valence-corrected chi connectivity index (χ4v) is 4.71. The van der Waals surface area contributed by atoms with Crippen LogP contribution in [0.15, 0.2) is 48.5 Å². The number of thiazole rings is 2. The van der Waals surface area contributed by atoms with Gasteiger partial charge in [-0.15, -0.1) is 11.3 Å². The molecule has 2 aromatic carbocycles. The second kappa shape index (κ2) is 7.11. The highest BCUT2D eigenvalue weighted by molar-refractivity contribution is 7.22. The van der Waals surface area contributed by atoms with Crippen molar-refractivity contribution in [1.82, 2.24) is 14.9 Å². The Bertz CT molecular complexity index is 1010. The van der Waals surface area contributed by atoms with Crippen LogP contribution in [0.25, 0.3) is 20.4 Å². The average Bonchev–Trinajstić information content (AvgIpc) is 3.23. The molecule has 0 spiro atoms. The van der Waals surface area contributed by atoms with Gasteiger partial charge in [-0.3, -0.25) is 14.6 Å². The average molecular weight is 383 g/mol. The molecule has 5 nitrogen and oxygen atoms in total. The van der Waals surface area contributed by atoms with E-state index >= 15 is 0 Å². The fourth-order valence-electron chi connectivity index (χ4n) is 2.72. The molecule has 0 bridgehead atoms. The number of likely N-dealkylation sites (N-methyl/N-ethyl adjacent to an activating group) is 2. The monoisotopic (exact) mass is 382 g/mol. The number of hydrogen-bond acceptors (Lipinski definition) is 6. The van der Waals surface area contributed by atoms with Gasteiger partial charge in [0.15, 0.2) is 5.13 Å². The number of amides is 1. The minimum absolute atomic E-state index is 0.0210. The summed E-state index contributed by atoms with van der Waals surface area (Å²) < 4.78 is 2.26. The Hall–Kier alpha value is -2.35. The van der Waals surface area contributed by atoms with Crippen LogP contribution in [0.2, 0.25) is 0 Å². The van der Waals surface area contributed by atoms with Crippen molar-refractivity contribution in [2.45, 2.75) is 6.54 Å². The molecule has 0 N–H and O–H groups in total. The van der Waals surface area contributed by atoms with E-state index in [0.717, 1.165) is 25.9 Å². The van der Waals surface area contributed by atoms with Gasteiger partial charge in [0, 0.05) is 7.05 Å². The number of para-hydroxylation sites is 2. The third-order valence-electron chi connectivity index (χ3n) is 4.09. The normalized spacial score (nSPS) is 11.5. The van der Waals surface area contributed by atoms with Crippen LogP contribution >= 0.6 is 22.7 Å². The van der Waals surface area contributed by atoms with Crippen molar-refractivity contribution in [1.29, 1.82) is 0 Å². The first-order chi connectivity index (χ1) is 12.6. The van der Waals surface area contributed by atoms with Gasteiger partial charge in [0.1, 0.15) is 5.01 Å². The zero-order valence-corrected chi connectivity index (χ0v) is 16.2. The van der Waals surface area contributed by atoms with Crippen LogP contribution in [-0.2, 0) is 11.3 Å². The van der Waals surface area contributed by atoms with Gasteiger partial charge in [0.05, 0.1) is 33.5 Å². The Labute approximate surface area is 159 Å². The molecular weight excluding hydrogens is 364 g/mol. The van der Waals surface area contributed by atoms with Gasteiger partial charge < -0.3 is 0 Å². The molecule has 0 saturated heterocycles. The largest absolute Gasteiger partial charge is 0.291 e. The Morgan fingerprint density at radius 3 is 2.19 bits per heavy atom. The Balaban J connectivity index is 1.42. The molecule has 2 heterocycles. The van der Waals surface area contributed by atoms with E-state index in [2.05, 4.69) is 16.0 Å². The van der Waals surface area contributed by atoms with Crippen molar-refractivity contribution in [2.75, 3.05) is 25.5 Å². The van der Waals surface area contributed by atoms with Crippen molar-refractivity contribution >= 4 is 54.1 Å². The number of hydrogen-bond donors (Lipinski definition) is 0. The summed E-state index contributed by atoms with van der Waals surface area (Å²) in [6, 6.07) is 16.0. The van der Waals surface area contributed by atoms with Crippen LogP contribution < -0.4 is 4.90 Å². The maximum absolute atomic E-state index is 12.6. The van der Waals surface area contributed by atoms with Crippen molar-refractivity contribution in [3.63, 3.8) is 0 Å². The summed E-state index contributed by atoms with van der Waals surface area (Å²) >= 11 is 3.21. The van der Waals surface area contributed by atoms with E-state index in [0.29, 0.717) is 13.1 Å². The van der Waals surface area contributed by atoms with Crippen LogP contribution in [0, 0.1) is 0 Å². The maximum atomic E-state index is 12.6. The highest BCUT2D eigenvalue weighted by atomic mass is 32.1. The smallest absolute Gasteiger partial charge is 0.242 e. The lowest BCUT2D eigenvalue weighted by Crippen LogP contribution is -2.36. The predicted molar refractivity (Wildman–Crippen MR) is 109 cm³/mol. The summed E-state index contributed by atoms with van der Waals surface area (Å²) in [4.78, 5) is 25.4. The van der Waals surface area contributed by atoms with Crippen LogP contribution in [0.1, 0.15) is 5.01 Å². The van der Waals surface area contributed by atoms with Crippen molar-refractivity contribution in [2.24, 2.45) is 0 Å². The standard InChI is InChI=1S/C19H18N4OS2/c1-22(11-17-20-13-7-3-5-9-15(13)25-17)12-18(24)23(2)19-21-14-8-4-6-10-16(14)26-19/h3-10H,11-12H2,1-2H3. The molecule has 0 aliphatic rings. The summed E-state index contributed by atoms with van der Waals surface area (Å²) in [7, 11) is 3.72. The number of rotatable bonds is 5. The van der Waals surface area contributed by atoms with E-state index in [1.54, 1.807) is 23.3 Å². The Morgan fingerprint density at radius 2 is 1.54 bits per heavy atom. The number of anilines is 1. The highest BCUT2D eigenvalue weighted by Gasteiger charge is 2.17. The van der Waals surface area contributed by atoms with Gasteiger partial charge in [-0.1, -0.05) is 35.6 Å². The van der Waals surface area contributed by atoms with Gasteiger partial charge in [-0.2, -0.15) is 0 Å². The molecule has 26 heavy (non-hydrogen) atoms. The summed E-state index contributed by atoms with van der Waals surface area (Å²) in [6.45, 7) is 0.973. The molecule has 2 aromatic heterocycles. The lowest BCUT2D eigenvalue weighted by molar-refractivity contribution is -0.119. The third-order valence-corrected chi connectivity index (χ3v) is 6.23. The molecule has 0 saturated carbocycles. The van der Waals surface area contributed by atoms with E-state index in [4.69, 9.17) is 0 Å². The molecule has 0 aliphatic heterocycles. The number of aromatic nitrogens is 2. The second-order valence-electron chi connectivity index (χ2n) is 6.16. The Kier molecular flexibility index (Phi) is 4.67. The summed E-state index contributed by atoms with van der Waals surface area (Å²) in [5, 5.41) is 1.74. The molecule has 0 atom stereocenters. The predicted octanol–water partition coefficient (Wildman–Crippen LogP) is 4.00. The lowest BCUT2D eigenvalue weighted by Gasteiger charge is -2.19. The topological polar surface area (TPSA) is 49.3 Å². The van der Waals surface area contributed by atoms with E-state index in [9.17, 15) is 4.79 Å². The molecule has 4 rings (SSSR count). The number of fused-ring (bicyclic) bond motifs is 2. The molecule has 0 radical (unpaired) electrons. The van der Waals surface area contributed by atoms with E-state index in [1.807, 2.05) is 54.4 Å². The first kappa shape index (κ1) is 17.1. The van der Waals surface area contributed by atoms with E-state index < -0.39 is 0 Å². The first-order valence-electron chi connectivity index (χ1n) is 8.25. The molecule has 7 heteroatoms. The second-order valence-corrected chi connectivity index (χ2v) is 8.29. The van der Waals surface area contributed by atoms with Gasteiger partial charge in [0.2, 0.25) is 5.91 Å². The number of carbonyl (C=O) groups is 1. The number of carbonyl (C=O) groups excluding carboxylic acids is 1. The minimum Gasteiger partial charge on any atom is -0.291 e. The van der Waals surface area contributed by atoms with Crippen LogP contribution in [-0.4, -0.2) is 41.4 Å². The van der Waals surface area contributed by atoms with E-state index in [1.165, 1.54) is 16.0 Å². The third kappa shape index (κ3) is 3.46. The van der Waals surface area contributed by atoms with E-state index in [-0.39, 0.29) is 5.91 Å². The van der Waals surface area contributed by atoms with Crippen LogP contribution in [0.3, 0.4) is 0 Å². The number of benzene rings is 2. The summed E-state index contributed by atoms with van der Waals surface area (Å²) in [6.07, 6.45) is 0. The van der Waals surface area contributed by atoms with Gasteiger partial charge in [0.25, 0.3) is 0 Å². The Morgan fingerprint density at radius 1 is 0.923 bits per heavy atom. The lowest BCUT2D eigenvalue weighted by atomic mass is 10.3. The highest BCUT2D eigenvalue weighted by Crippen LogP contribution is 2.28. The maximum Gasteiger partial charge on any atom is 0.242 e. The first-order valence-corrected chi connectivity index (χ1v) is 9.88. The van der Waals surface area contributed by atoms with Gasteiger partial charge in [-0.25, -0.2) is 9.97 Å². The molecule has 0 aliphatic carbocycles. The molecule has 132 valence electrons. The molecule has 1 amide bonds. The van der Waals surface area contributed by atoms with Crippen molar-refractivity contribution in [3.8, 4) is 0 Å². The zero-order valence-electron chi connectivity index (χ0n) is 14.5. The van der Waals surface area contributed by atoms with Gasteiger partial charge in [-0.05, 0) is 31.3 Å². The SMILES string of the molecule is CN(CC(=O)N(C)c1nc2ccccc2s1)Cc1nc2ccccc2s1. The van der Waals surface area contributed by atoms with Crippen LogP contribution in [0.4, 0.5) is 5.13 Å². The molecule has 0 fully saturated rings. The van der Waals surface area contributed by atoms with Crippen molar-refractivity contribution < 1.29 is 4.79 Å². The molecule has 0 unspecified atom stereocenters. The van der Waals surface area contributed by atoms with Crippen LogP contribution in [0.5, 0.6) is 0 Å². The summed E-state index contributed by atoms with van der Waals surface area (Å²) in [5.41, 5.74) is 1.94. The minimum atomic E-state index is 0.0210. The fraction of sp³-hybridized carbons (Fsp3) is 0.211. The van der Waals surface area contributed by atoms with Gasteiger partial charge >= 0.3 is 0 Å². The summed E-state index contributed by atoms with van der Waals surface area (Å²) in [5.74, 6) is 0.0210. The molecule has 4 aromatic rings. The van der Waals surface area contributed by atoms with Crippen molar-refractivity contribution in [3.05, 3.63) is 53.5 Å². The quantitative estimate of drug-likeness (QED) is 0.523. The zero-order chi connectivity index (χ0) is 18.1. The number of nitrogens with zero attached hydrogens (tertiary/aromatic N) is 4. The molecular formula is C19H18N4OS2.